The van der Waals surface area contributed by atoms with E-state index < -0.39 is 10.0 Å². The molecule has 0 aliphatic carbocycles. The van der Waals surface area contributed by atoms with Crippen molar-refractivity contribution in [2.45, 2.75) is 31.6 Å². The lowest BCUT2D eigenvalue weighted by molar-refractivity contribution is -0.117. The second kappa shape index (κ2) is 7.37. The standard InChI is InChI=1S/C13H20N2O4S/c1-3-7-19-8-6-13(16)15-11-5-4-10(2)12(9-11)20(14,17)18/h4-5,9H,3,6-8H2,1-2H3,(H,15,16)(H2,14,17,18). The predicted molar refractivity (Wildman–Crippen MR) is 76.9 cm³/mol. The minimum Gasteiger partial charge on any atom is -0.381 e. The lowest BCUT2D eigenvalue weighted by Crippen LogP contribution is -2.17. The van der Waals surface area contributed by atoms with Crippen LogP contribution in [0.5, 0.6) is 0 Å². The lowest BCUT2D eigenvalue weighted by Gasteiger charge is -2.09. The Morgan fingerprint density at radius 3 is 2.65 bits per heavy atom. The maximum Gasteiger partial charge on any atom is 0.238 e. The fourth-order valence-electron chi connectivity index (χ4n) is 1.62. The summed E-state index contributed by atoms with van der Waals surface area (Å²) in [5.74, 6) is -0.231. The number of benzene rings is 1. The largest absolute Gasteiger partial charge is 0.381 e. The summed E-state index contributed by atoms with van der Waals surface area (Å²) in [4.78, 5) is 11.7. The van der Waals surface area contributed by atoms with Gasteiger partial charge >= 0.3 is 0 Å². The van der Waals surface area contributed by atoms with Gasteiger partial charge in [-0.15, -0.1) is 0 Å². The monoisotopic (exact) mass is 300 g/mol. The molecule has 0 saturated carbocycles. The Labute approximate surface area is 119 Å². The van der Waals surface area contributed by atoms with Crippen LogP contribution in [0.1, 0.15) is 25.3 Å². The molecule has 0 radical (unpaired) electrons. The molecule has 0 aliphatic heterocycles. The van der Waals surface area contributed by atoms with Crippen LogP contribution < -0.4 is 10.5 Å². The molecule has 1 aromatic carbocycles. The Morgan fingerprint density at radius 2 is 2.05 bits per heavy atom. The molecule has 3 N–H and O–H groups in total. The van der Waals surface area contributed by atoms with Crippen molar-refractivity contribution < 1.29 is 17.9 Å². The number of rotatable bonds is 7. The second-order valence-electron chi connectivity index (χ2n) is 4.44. The molecule has 0 fully saturated rings. The van der Waals surface area contributed by atoms with E-state index in [0.717, 1.165) is 6.42 Å². The van der Waals surface area contributed by atoms with Gasteiger partial charge in [-0.05, 0) is 31.0 Å². The van der Waals surface area contributed by atoms with Crippen LogP contribution in [-0.4, -0.2) is 27.5 Å². The average Bonchev–Trinajstić information content (AvgIpc) is 2.36. The third-order valence-electron chi connectivity index (χ3n) is 2.60. The van der Waals surface area contributed by atoms with E-state index in [2.05, 4.69) is 5.32 Å². The fourth-order valence-corrected chi connectivity index (χ4v) is 2.43. The molecule has 0 aromatic heterocycles. The van der Waals surface area contributed by atoms with Crippen molar-refractivity contribution in [1.29, 1.82) is 0 Å². The smallest absolute Gasteiger partial charge is 0.238 e. The number of amides is 1. The van der Waals surface area contributed by atoms with Gasteiger partial charge < -0.3 is 10.1 Å². The minimum absolute atomic E-state index is 0.0116. The quantitative estimate of drug-likeness (QED) is 0.743. The van der Waals surface area contributed by atoms with Crippen LogP contribution in [0.4, 0.5) is 5.69 Å². The number of carbonyl (C=O) groups excluding carboxylic acids is 1. The number of hydrogen-bond donors (Lipinski definition) is 2. The number of ether oxygens (including phenoxy) is 1. The lowest BCUT2D eigenvalue weighted by atomic mass is 10.2. The van der Waals surface area contributed by atoms with E-state index in [1.807, 2.05) is 6.92 Å². The molecule has 112 valence electrons. The number of nitrogens with two attached hydrogens (primary N) is 1. The molecule has 0 spiro atoms. The fraction of sp³-hybridized carbons (Fsp3) is 0.462. The summed E-state index contributed by atoms with van der Waals surface area (Å²) < 4.78 is 28.0. The predicted octanol–water partition coefficient (Wildman–Crippen LogP) is 1.40. The van der Waals surface area contributed by atoms with Crippen LogP contribution in [0.25, 0.3) is 0 Å². The number of nitrogens with one attached hydrogen (secondary N) is 1. The molecule has 0 aliphatic rings. The van der Waals surface area contributed by atoms with Gasteiger partial charge in [0.1, 0.15) is 0 Å². The second-order valence-corrected chi connectivity index (χ2v) is 5.97. The summed E-state index contributed by atoms with van der Waals surface area (Å²) in [5, 5.41) is 7.73. The minimum atomic E-state index is -3.79. The van der Waals surface area contributed by atoms with Crippen molar-refractivity contribution in [3.05, 3.63) is 23.8 Å². The van der Waals surface area contributed by atoms with E-state index in [1.54, 1.807) is 19.1 Å². The molecule has 0 bridgehead atoms. The first-order valence-corrected chi connectivity index (χ1v) is 7.90. The molecule has 20 heavy (non-hydrogen) atoms. The van der Waals surface area contributed by atoms with Crippen LogP contribution in [0.3, 0.4) is 0 Å². The van der Waals surface area contributed by atoms with Crippen LogP contribution in [-0.2, 0) is 19.6 Å². The summed E-state index contributed by atoms with van der Waals surface area (Å²) >= 11 is 0. The van der Waals surface area contributed by atoms with Crippen molar-refractivity contribution in [2.24, 2.45) is 5.14 Å². The zero-order valence-corrected chi connectivity index (χ0v) is 12.5. The van der Waals surface area contributed by atoms with Crippen molar-refractivity contribution in [3.63, 3.8) is 0 Å². The number of primary sulfonamides is 1. The molecule has 1 amide bonds. The Balaban J connectivity index is 2.67. The van der Waals surface area contributed by atoms with Gasteiger partial charge in [-0.1, -0.05) is 13.0 Å². The van der Waals surface area contributed by atoms with Crippen LogP contribution in [0.2, 0.25) is 0 Å². The maximum atomic E-state index is 11.6. The van der Waals surface area contributed by atoms with Gasteiger partial charge in [0.2, 0.25) is 15.9 Å². The van der Waals surface area contributed by atoms with E-state index in [9.17, 15) is 13.2 Å². The van der Waals surface area contributed by atoms with Gasteiger partial charge in [-0.3, -0.25) is 4.79 Å². The van der Waals surface area contributed by atoms with Gasteiger partial charge in [0.25, 0.3) is 0 Å². The first-order chi connectivity index (χ1) is 9.34. The number of hydrogen-bond acceptors (Lipinski definition) is 4. The zero-order chi connectivity index (χ0) is 15.2. The SMILES string of the molecule is CCCOCCC(=O)Nc1ccc(C)c(S(N)(=O)=O)c1. The topological polar surface area (TPSA) is 98.5 Å². The maximum absolute atomic E-state index is 11.6. The Morgan fingerprint density at radius 1 is 1.35 bits per heavy atom. The van der Waals surface area contributed by atoms with E-state index in [-0.39, 0.29) is 17.2 Å². The van der Waals surface area contributed by atoms with Crippen molar-refractivity contribution in [2.75, 3.05) is 18.5 Å². The first kappa shape index (κ1) is 16.6. The van der Waals surface area contributed by atoms with E-state index in [0.29, 0.717) is 24.5 Å². The third kappa shape index (κ3) is 5.28. The van der Waals surface area contributed by atoms with Gasteiger partial charge in [0.15, 0.2) is 0 Å². The number of carbonyl (C=O) groups is 1. The average molecular weight is 300 g/mol. The summed E-state index contributed by atoms with van der Waals surface area (Å²) in [7, 11) is -3.79. The van der Waals surface area contributed by atoms with Crippen molar-refractivity contribution in [3.8, 4) is 0 Å². The van der Waals surface area contributed by atoms with Crippen LogP contribution >= 0.6 is 0 Å². The molecule has 6 nitrogen and oxygen atoms in total. The normalized spacial score (nSPS) is 11.3. The van der Waals surface area contributed by atoms with Gasteiger partial charge in [-0.25, -0.2) is 13.6 Å². The molecule has 0 atom stereocenters. The van der Waals surface area contributed by atoms with E-state index in [4.69, 9.17) is 9.88 Å². The van der Waals surface area contributed by atoms with Crippen molar-refractivity contribution in [1.82, 2.24) is 0 Å². The highest BCUT2D eigenvalue weighted by Crippen LogP contribution is 2.19. The number of aryl methyl sites for hydroxylation is 1. The highest BCUT2D eigenvalue weighted by atomic mass is 32.2. The van der Waals surface area contributed by atoms with Crippen LogP contribution in [0.15, 0.2) is 23.1 Å². The van der Waals surface area contributed by atoms with E-state index >= 15 is 0 Å². The third-order valence-corrected chi connectivity index (χ3v) is 3.65. The Kier molecular flexibility index (Phi) is 6.12. The first-order valence-electron chi connectivity index (χ1n) is 6.35. The van der Waals surface area contributed by atoms with Crippen molar-refractivity contribution >= 4 is 21.6 Å². The van der Waals surface area contributed by atoms with Gasteiger partial charge in [-0.2, -0.15) is 0 Å². The molecule has 0 heterocycles. The zero-order valence-electron chi connectivity index (χ0n) is 11.7. The number of anilines is 1. The molecule has 0 saturated heterocycles. The molecular weight excluding hydrogens is 280 g/mol. The molecule has 0 unspecified atom stereocenters. The molecular formula is C13H20N2O4S. The number of sulfonamides is 1. The summed E-state index contributed by atoms with van der Waals surface area (Å²) in [6.07, 6.45) is 1.12. The summed E-state index contributed by atoms with van der Waals surface area (Å²) in [5.41, 5.74) is 0.942. The van der Waals surface area contributed by atoms with Gasteiger partial charge in [0, 0.05) is 12.3 Å². The molecule has 1 rings (SSSR count). The summed E-state index contributed by atoms with van der Waals surface area (Å²) in [6.45, 7) is 4.59. The van der Waals surface area contributed by atoms with Gasteiger partial charge in [0.05, 0.1) is 17.9 Å². The Bertz CT molecular complexity index is 570. The van der Waals surface area contributed by atoms with Crippen LogP contribution in [0, 0.1) is 6.92 Å². The summed E-state index contributed by atoms with van der Waals surface area (Å²) in [6, 6.07) is 4.59. The highest BCUT2D eigenvalue weighted by Gasteiger charge is 2.13. The molecule has 1 aromatic rings. The molecule has 7 heteroatoms. The highest BCUT2D eigenvalue weighted by molar-refractivity contribution is 7.89. The van der Waals surface area contributed by atoms with E-state index in [1.165, 1.54) is 6.07 Å². The Hall–Kier alpha value is -1.44.